The van der Waals surface area contributed by atoms with Crippen LogP contribution in [0.1, 0.15) is 5.82 Å². The second-order valence-corrected chi connectivity index (χ2v) is 5.38. The Kier molecular flexibility index (Phi) is 3.85. The van der Waals surface area contributed by atoms with Gasteiger partial charge in [-0.05, 0) is 23.6 Å². The zero-order chi connectivity index (χ0) is 17.2. The van der Waals surface area contributed by atoms with Gasteiger partial charge in [-0.15, -0.1) is 0 Å². The molecule has 0 bridgehead atoms. The van der Waals surface area contributed by atoms with Crippen molar-refractivity contribution in [1.29, 1.82) is 0 Å². The predicted octanol–water partition coefficient (Wildman–Crippen LogP) is 4.75. The van der Waals surface area contributed by atoms with Gasteiger partial charge in [0, 0.05) is 5.39 Å². The molecule has 0 spiro atoms. The van der Waals surface area contributed by atoms with Gasteiger partial charge in [0.15, 0.2) is 6.61 Å². The van der Waals surface area contributed by atoms with Gasteiger partial charge in [-0.25, -0.2) is 8.78 Å². The Morgan fingerprint density at radius 2 is 1.60 bits per heavy atom. The first kappa shape index (κ1) is 15.3. The molecular formula is C19H12F2N2O2. The van der Waals surface area contributed by atoms with Crippen LogP contribution in [-0.2, 0) is 6.61 Å². The van der Waals surface area contributed by atoms with Gasteiger partial charge >= 0.3 is 0 Å². The van der Waals surface area contributed by atoms with E-state index in [4.69, 9.17) is 9.26 Å². The quantitative estimate of drug-likeness (QED) is 0.539. The predicted molar refractivity (Wildman–Crippen MR) is 87.9 cm³/mol. The van der Waals surface area contributed by atoms with E-state index in [-0.39, 0.29) is 23.9 Å². The van der Waals surface area contributed by atoms with E-state index < -0.39 is 11.6 Å². The van der Waals surface area contributed by atoms with Gasteiger partial charge in [-0.1, -0.05) is 47.6 Å². The molecular weight excluding hydrogens is 326 g/mol. The van der Waals surface area contributed by atoms with Crippen molar-refractivity contribution in [2.45, 2.75) is 6.61 Å². The summed E-state index contributed by atoms with van der Waals surface area (Å²) < 4.78 is 38.3. The lowest BCUT2D eigenvalue weighted by molar-refractivity contribution is 0.290. The molecule has 0 aliphatic rings. The Balaban J connectivity index is 1.58. The number of hydrogen-bond donors (Lipinski definition) is 0. The average molecular weight is 338 g/mol. The van der Waals surface area contributed by atoms with E-state index in [2.05, 4.69) is 10.1 Å². The summed E-state index contributed by atoms with van der Waals surface area (Å²) in [5.41, 5.74) is -0.341. The van der Waals surface area contributed by atoms with Crippen LogP contribution >= 0.6 is 0 Å². The van der Waals surface area contributed by atoms with Gasteiger partial charge in [-0.2, -0.15) is 4.98 Å². The van der Waals surface area contributed by atoms with Gasteiger partial charge in [0.05, 0.1) is 0 Å². The molecule has 0 radical (unpaired) electrons. The Morgan fingerprint density at radius 1 is 0.880 bits per heavy atom. The Bertz CT molecular complexity index is 1020. The van der Waals surface area contributed by atoms with Gasteiger partial charge < -0.3 is 9.26 Å². The number of benzene rings is 3. The monoisotopic (exact) mass is 338 g/mol. The zero-order valence-electron chi connectivity index (χ0n) is 12.9. The van der Waals surface area contributed by atoms with Crippen molar-refractivity contribution in [2.24, 2.45) is 0 Å². The molecule has 3 aromatic carbocycles. The van der Waals surface area contributed by atoms with Crippen LogP contribution in [0.15, 0.2) is 65.2 Å². The molecule has 4 nitrogen and oxygen atoms in total. The fourth-order valence-electron chi connectivity index (χ4n) is 2.58. The van der Waals surface area contributed by atoms with Crippen molar-refractivity contribution in [1.82, 2.24) is 10.1 Å². The number of aromatic nitrogens is 2. The minimum absolute atomic E-state index is 0.0214. The third-order valence-corrected chi connectivity index (χ3v) is 3.75. The lowest BCUT2D eigenvalue weighted by Gasteiger charge is -2.07. The Labute approximate surface area is 141 Å². The Hall–Kier alpha value is -3.28. The largest absolute Gasteiger partial charge is 0.485 e. The molecule has 1 aromatic heterocycles. The number of fused-ring (bicyclic) bond motifs is 1. The summed E-state index contributed by atoms with van der Waals surface area (Å²) >= 11 is 0. The van der Waals surface area contributed by atoms with Crippen LogP contribution in [0.5, 0.6) is 5.75 Å². The fourth-order valence-corrected chi connectivity index (χ4v) is 2.58. The summed E-state index contributed by atoms with van der Waals surface area (Å²) in [4.78, 5) is 4.01. The molecule has 0 aliphatic heterocycles. The highest BCUT2D eigenvalue weighted by Gasteiger charge is 2.18. The van der Waals surface area contributed by atoms with E-state index >= 15 is 0 Å². The molecule has 4 rings (SSSR count). The number of hydrogen-bond acceptors (Lipinski definition) is 4. The SMILES string of the molecule is Fc1cccc(F)c1-c1nc(COc2cccc3ccccc23)no1. The van der Waals surface area contributed by atoms with Crippen LogP contribution in [0, 0.1) is 11.6 Å². The molecule has 124 valence electrons. The van der Waals surface area contributed by atoms with E-state index in [0.29, 0.717) is 5.75 Å². The van der Waals surface area contributed by atoms with Crippen LogP contribution in [0.2, 0.25) is 0 Å². The van der Waals surface area contributed by atoms with E-state index in [9.17, 15) is 8.78 Å². The normalized spacial score (nSPS) is 11.0. The molecule has 4 aromatic rings. The molecule has 1 heterocycles. The van der Waals surface area contributed by atoms with Crippen molar-refractivity contribution >= 4 is 10.8 Å². The number of rotatable bonds is 4. The number of nitrogens with zero attached hydrogens (tertiary/aromatic N) is 2. The molecule has 0 N–H and O–H groups in total. The molecule has 0 fully saturated rings. The minimum Gasteiger partial charge on any atom is -0.485 e. The van der Waals surface area contributed by atoms with Gasteiger partial charge in [0.1, 0.15) is 22.9 Å². The maximum atomic E-state index is 13.8. The fraction of sp³-hybridized carbons (Fsp3) is 0.0526. The van der Waals surface area contributed by atoms with Crippen LogP contribution in [0.4, 0.5) is 8.78 Å². The number of halogens is 2. The second kappa shape index (κ2) is 6.32. The van der Waals surface area contributed by atoms with Crippen molar-refractivity contribution in [2.75, 3.05) is 0 Å². The topological polar surface area (TPSA) is 48.2 Å². The van der Waals surface area contributed by atoms with E-state index in [1.165, 1.54) is 6.07 Å². The number of ether oxygens (including phenoxy) is 1. The lowest BCUT2D eigenvalue weighted by Crippen LogP contribution is -1.98. The highest BCUT2D eigenvalue weighted by molar-refractivity contribution is 5.88. The van der Waals surface area contributed by atoms with E-state index in [1.807, 2.05) is 42.5 Å². The standard InChI is InChI=1S/C19H12F2N2O2/c20-14-8-4-9-15(21)18(14)19-22-17(23-25-19)11-24-16-10-3-6-12-5-1-2-7-13(12)16/h1-10H,11H2. The lowest BCUT2D eigenvalue weighted by atomic mass is 10.1. The summed E-state index contributed by atoms with van der Waals surface area (Å²) in [6.07, 6.45) is 0. The van der Waals surface area contributed by atoms with Crippen molar-refractivity contribution in [3.8, 4) is 17.2 Å². The van der Waals surface area contributed by atoms with Gasteiger partial charge in [-0.3, -0.25) is 0 Å². The summed E-state index contributed by atoms with van der Waals surface area (Å²) in [5, 5.41) is 5.72. The molecule has 0 saturated heterocycles. The first-order valence-corrected chi connectivity index (χ1v) is 7.60. The van der Waals surface area contributed by atoms with Crippen LogP contribution in [0.3, 0.4) is 0 Å². The third-order valence-electron chi connectivity index (χ3n) is 3.75. The van der Waals surface area contributed by atoms with E-state index in [0.717, 1.165) is 22.9 Å². The third kappa shape index (κ3) is 2.94. The summed E-state index contributed by atoms with van der Waals surface area (Å²) in [6.45, 7) is 0.0214. The van der Waals surface area contributed by atoms with Gasteiger partial charge in [0.25, 0.3) is 5.89 Å². The van der Waals surface area contributed by atoms with Gasteiger partial charge in [0.2, 0.25) is 5.82 Å². The Morgan fingerprint density at radius 3 is 2.44 bits per heavy atom. The summed E-state index contributed by atoms with van der Waals surface area (Å²) in [6, 6.07) is 17.0. The first-order chi connectivity index (χ1) is 12.2. The van der Waals surface area contributed by atoms with Crippen molar-refractivity contribution < 1.29 is 18.0 Å². The van der Waals surface area contributed by atoms with Crippen LogP contribution in [-0.4, -0.2) is 10.1 Å². The zero-order valence-corrected chi connectivity index (χ0v) is 12.9. The van der Waals surface area contributed by atoms with Crippen LogP contribution in [0.25, 0.3) is 22.2 Å². The first-order valence-electron chi connectivity index (χ1n) is 7.60. The molecule has 0 atom stereocenters. The molecule has 0 unspecified atom stereocenters. The molecule has 25 heavy (non-hydrogen) atoms. The smallest absolute Gasteiger partial charge is 0.264 e. The summed E-state index contributed by atoms with van der Waals surface area (Å²) in [7, 11) is 0. The minimum atomic E-state index is -0.759. The van der Waals surface area contributed by atoms with E-state index in [1.54, 1.807) is 0 Å². The summed E-state index contributed by atoms with van der Waals surface area (Å²) in [5.74, 6) is -0.866. The molecule has 0 saturated carbocycles. The molecule has 0 aliphatic carbocycles. The highest BCUT2D eigenvalue weighted by Crippen LogP contribution is 2.27. The van der Waals surface area contributed by atoms with Crippen molar-refractivity contribution in [3.63, 3.8) is 0 Å². The molecule has 0 amide bonds. The highest BCUT2D eigenvalue weighted by atomic mass is 19.1. The van der Waals surface area contributed by atoms with Crippen LogP contribution < -0.4 is 4.74 Å². The second-order valence-electron chi connectivity index (χ2n) is 5.38. The maximum absolute atomic E-state index is 13.8. The average Bonchev–Trinajstić information content (AvgIpc) is 3.08. The molecule has 6 heteroatoms. The maximum Gasteiger partial charge on any atom is 0.264 e. The van der Waals surface area contributed by atoms with Crippen molar-refractivity contribution in [3.05, 3.63) is 78.1 Å².